The van der Waals surface area contributed by atoms with Gasteiger partial charge < -0.3 is 4.74 Å². The van der Waals surface area contributed by atoms with Gasteiger partial charge in [-0.2, -0.15) is 0 Å². The monoisotopic (exact) mass is 416 g/mol. The van der Waals surface area contributed by atoms with E-state index in [9.17, 15) is 9.59 Å². The van der Waals surface area contributed by atoms with Gasteiger partial charge in [-0.3, -0.25) is 20.4 Å². The molecular weight excluding hydrogens is 388 g/mol. The zero-order valence-corrected chi connectivity index (χ0v) is 18.6. The summed E-state index contributed by atoms with van der Waals surface area (Å²) in [4.78, 5) is 24.3. The van der Waals surface area contributed by atoms with E-state index in [4.69, 9.17) is 16.3 Å². The van der Waals surface area contributed by atoms with E-state index in [1.54, 1.807) is 24.3 Å². The average molecular weight is 417 g/mol. The third-order valence-corrected chi connectivity index (χ3v) is 4.78. The molecule has 2 amide bonds. The van der Waals surface area contributed by atoms with Crippen LogP contribution in [0.1, 0.15) is 63.0 Å². The number of halogens is 1. The largest absolute Gasteiger partial charge is 0.483 e. The Hall–Kier alpha value is -2.53. The predicted octanol–water partition coefficient (Wildman–Crippen LogP) is 4.78. The minimum Gasteiger partial charge on any atom is -0.483 e. The second-order valence-corrected chi connectivity index (χ2v) is 9.39. The minimum atomic E-state index is -0.492. The molecule has 0 saturated heterocycles. The van der Waals surface area contributed by atoms with Crippen LogP contribution in [0.15, 0.2) is 42.5 Å². The summed E-state index contributed by atoms with van der Waals surface area (Å²) in [6, 6.07) is 12.7. The van der Waals surface area contributed by atoms with Crippen molar-refractivity contribution in [3.05, 3.63) is 64.2 Å². The van der Waals surface area contributed by atoms with Crippen LogP contribution in [0, 0.1) is 0 Å². The molecule has 0 radical (unpaired) electrons. The van der Waals surface area contributed by atoms with Gasteiger partial charge in [-0.25, -0.2) is 0 Å². The van der Waals surface area contributed by atoms with Gasteiger partial charge in [0.2, 0.25) is 0 Å². The number of carbonyl (C=O) groups excluding carboxylic acids is 2. The Kier molecular flexibility index (Phi) is 6.96. The molecule has 0 aromatic heterocycles. The zero-order valence-electron chi connectivity index (χ0n) is 17.9. The molecule has 0 bridgehead atoms. The highest BCUT2D eigenvalue weighted by Crippen LogP contribution is 2.35. The first-order valence-electron chi connectivity index (χ1n) is 9.51. The summed E-state index contributed by atoms with van der Waals surface area (Å²) in [7, 11) is 0. The van der Waals surface area contributed by atoms with Gasteiger partial charge in [-0.1, -0.05) is 77.4 Å². The van der Waals surface area contributed by atoms with Crippen LogP contribution in [0.25, 0.3) is 0 Å². The minimum absolute atomic E-state index is 0.0128. The van der Waals surface area contributed by atoms with E-state index in [2.05, 4.69) is 58.5 Å². The lowest BCUT2D eigenvalue weighted by Gasteiger charge is -2.27. The number of hydrogen-bond donors (Lipinski definition) is 2. The smallest absolute Gasteiger partial charge is 0.276 e. The van der Waals surface area contributed by atoms with Crippen molar-refractivity contribution >= 4 is 23.4 Å². The van der Waals surface area contributed by atoms with Gasteiger partial charge in [0.1, 0.15) is 5.75 Å². The number of nitrogens with one attached hydrogen (secondary N) is 2. The quantitative estimate of drug-likeness (QED) is 0.705. The summed E-state index contributed by atoms with van der Waals surface area (Å²) in [6.07, 6.45) is 0. The van der Waals surface area contributed by atoms with Crippen LogP contribution in [-0.2, 0) is 15.6 Å². The molecule has 2 aromatic carbocycles. The molecule has 2 rings (SSSR count). The molecule has 0 spiro atoms. The molecule has 0 aliphatic rings. The standard InChI is InChI=1S/C23H29ClN2O3/c1-22(2,3)15-11-12-19(17(13-15)23(4,5)6)29-14-20(27)25-26-21(28)16-9-7-8-10-18(16)24/h7-13H,14H2,1-6H3,(H,25,27)(H,26,28). The first-order valence-corrected chi connectivity index (χ1v) is 9.89. The van der Waals surface area contributed by atoms with Crippen LogP contribution < -0.4 is 15.6 Å². The summed E-state index contributed by atoms with van der Waals surface area (Å²) in [5, 5.41) is 0.309. The molecule has 0 fully saturated rings. The molecule has 0 aliphatic carbocycles. The molecule has 156 valence electrons. The van der Waals surface area contributed by atoms with Gasteiger partial charge in [0.25, 0.3) is 11.8 Å². The van der Waals surface area contributed by atoms with Crippen LogP contribution in [0.3, 0.4) is 0 Å². The molecule has 2 aromatic rings. The second kappa shape index (κ2) is 8.87. The number of rotatable bonds is 4. The lowest BCUT2D eigenvalue weighted by atomic mass is 9.80. The normalized spacial score (nSPS) is 11.7. The first-order chi connectivity index (χ1) is 13.4. The Bertz CT molecular complexity index is 896. The molecule has 5 nitrogen and oxygen atoms in total. The van der Waals surface area contributed by atoms with Gasteiger partial charge in [-0.15, -0.1) is 0 Å². The van der Waals surface area contributed by atoms with Gasteiger partial charge in [0, 0.05) is 0 Å². The van der Waals surface area contributed by atoms with E-state index in [1.165, 1.54) is 5.56 Å². The van der Waals surface area contributed by atoms with Crippen molar-refractivity contribution in [3.8, 4) is 5.75 Å². The summed E-state index contributed by atoms with van der Waals surface area (Å²) in [5.41, 5.74) is 7.07. The van der Waals surface area contributed by atoms with E-state index in [0.29, 0.717) is 10.8 Å². The fourth-order valence-corrected chi connectivity index (χ4v) is 2.95. The topological polar surface area (TPSA) is 67.4 Å². The molecule has 0 heterocycles. The molecule has 0 atom stereocenters. The Morgan fingerprint density at radius 1 is 0.931 bits per heavy atom. The highest BCUT2D eigenvalue weighted by Gasteiger charge is 2.23. The number of amides is 2. The maximum absolute atomic E-state index is 12.1. The summed E-state index contributed by atoms with van der Waals surface area (Å²) >= 11 is 5.98. The number of hydrazine groups is 1. The molecular formula is C23H29ClN2O3. The zero-order chi connectivity index (χ0) is 21.8. The van der Waals surface area contributed by atoms with Crippen molar-refractivity contribution in [1.29, 1.82) is 0 Å². The number of carbonyl (C=O) groups is 2. The first kappa shape index (κ1) is 22.8. The van der Waals surface area contributed by atoms with Crippen molar-refractivity contribution in [1.82, 2.24) is 10.9 Å². The summed E-state index contributed by atoms with van der Waals surface area (Å²) in [6.45, 7) is 12.6. The van der Waals surface area contributed by atoms with Crippen LogP contribution in [0.2, 0.25) is 5.02 Å². The van der Waals surface area contributed by atoms with Crippen LogP contribution in [-0.4, -0.2) is 18.4 Å². The second-order valence-electron chi connectivity index (χ2n) is 8.98. The van der Waals surface area contributed by atoms with Crippen molar-refractivity contribution in [2.75, 3.05) is 6.61 Å². The lowest BCUT2D eigenvalue weighted by molar-refractivity contribution is -0.123. The fourth-order valence-electron chi connectivity index (χ4n) is 2.73. The third-order valence-electron chi connectivity index (χ3n) is 4.45. The highest BCUT2D eigenvalue weighted by atomic mass is 35.5. The van der Waals surface area contributed by atoms with Crippen LogP contribution in [0.4, 0.5) is 0 Å². The highest BCUT2D eigenvalue weighted by molar-refractivity contribution is 6.33. The molecule has 6 heteroatoms. The number of benzene rings is 2. The molecule has 0 unspecified atom stereocenters. The average Bonchev–Trinajstić information content (AvgIpc) is 2.63. The molecule has 0 aliphatic heterocycles. The van der Waals surface area contributed by atoms with Crippen LogP contribution >= 0.6 is 11.6 Å². The van der Waals surface area contributed by atoms with Crippen molar-refractivity contribution in [3.63, 3.8) is 0 Å². The summed E-state index contributed by atoms with van der Waals surface area (Å²) < 4.78 is 5.77. The van der Waals surface area contributed by atoms with Crippen LogP contribution in [0.5, 0.6) is 5.75 Å². The van der Waals surface area contributed by atoms with Crippen molar-refractivity contribution in [2.45, 2.75) is 52.4 Å². The SMILES string of the molecule is CC(C)(C)c1ccc(OCC(=O)NNC(=O)c2ccccc2Cl)c(C(C)(C)C)c1. The van der Waals surface area contributed by atoms with Gasteiger partial charge in [0.15, 0.2) is 6.61 Å². The Balaban J connectivity index is 2.03. The van der Waals surface area contributed by atoms with E-state index in [-0.39, 0.29) is 23.0 Å². The Morgan fingerprint density at radius 2 is 1.59 bits per heavy atom. The maximum Gasteiger partial charge on any atom is 0.276 e. The Morgan fingerprint density at radius 3 is 2.17 bits per heavy atom. The van der Waals surface area contributed by atoms with E-state index in [1.807, 2.05) is 12.1 Å². The maximum atomic E-state index is 12.1. The van der Waals surface area contributed by atoms with E-state index < -0.39 is 11.8 Å². The Labute approximate surface area is 177 Å². The summed E-state index contributed by atoms with van der Waals surface area (Å²) in [5.74, 6) is -0.308. The van der Waals surface area contributed by atoms with Gasteiger partial charge in [0.05, 0.1) is 10.6 Å². The predicted molar refractivity (Wildman–Crippen MR) is 116 cm³/mol. The fraction of sp³-hybridized carbons (Fsp3) is 0.391. The molecule has 2 N–H and O–H groups in total. The van der Waals surface area contributed by atoms with Crippen molar-refractivity contribution < 1.29 is 14.3 Å². The van der Waals surface area contributed by atoms with E-state index >= 15 is 0 Å². The van der Waals surface area contributed by atoms with Crippen molar-refractivity contribution in [2.24, 2.45) is 0 Å². The number of ether oxygens (including phenoxy) is 1. The van der Waals surface area contributed by atoms with E-state index in [0.717, 1.165) is 5.56 Å². The molecule has 0 saturated carbocycles. The van der Waals surface area contributed by atoms with Gasteiger partial charge >= 0.3 is 0 Å². The molecule has 29 heavy (non-hydrogen) atoms. The van der Waals surface area contributed by atoms with Gasteiger partial charge in [-0.05, 0) is 40.2 Å². The lowest BCUT2D eigenvalue weighted by Crippen LogP contribution is -2.44. The number of hydrogen-bond acceptors (Lipinski definition) is 3. The third kappa shape index (κ3) is 6.23.